The number of hydrogen-bond acceptors (Lipinski definition) is 3. The number of benzene rings is 3. The van der Waals surface area contributed by atoms with Crippen LogP contribution in [0.2, 0.25) is 5.02 Å². The molecule has 3 aromatic rings. The van der Waals surface area contributed by atoms with Crippen molar-refractivity contribution in [2.24, 2.45) is 0 Å². The molecule has 0 aromatic heterocycles. The van der Waals surface area contributed by atoms with Crippen LogP contribution in [0.1, 0.15) is 29.2 Å². The molecule has 0 N–H and O–H groups in total. The van der Waals surface area contributed by atoms with Gasteiger partial charge in [0.25, 0.3) is 0 Å². The third-order valence-electron chi connectivity index (χ3n) is 4.40. The van der Waals surface area contributed by atoms with Crippen molar-refractivity contribution in [3.63, 3.8) is 0 Å². The van der Waals surface area contributed by atoms with E-state index in [2.05, 4.69) is 6.07 Å². The molecule has 0 aliphatic carbocycles. The van der Waals surface area contributed by atoms with Crippen LogP contribution in [0.5, 0.6) is 11.5 Å². The Morgan fingerprint density at radius 3 is 2.45 bits per heavy atom. The van der Waals surface area contributed by atoms with Gasteiger partial charge in [-0.3, -0.25) is 0 Å². The van der Waals surface area contributed by atoms with Gasteiger partial charge in [-0.05, 0) is 49.2 Å². The SMILES string of the molecule is CCOc1cc(/C=C(/C#N)c2ccc(C)cc2)ccc1OCc1ccccc1Cl. The van der Waals surface area contributed by atoms with Crippen molar-refractivity contribution in [2.75, 3.05) is 6.61 Å². The largest absolute Gasteiger partial charge is 0.490 e. The van der Waals surface area contributed by atoms with Crippen molar-refractivity contribution in [3.05, 3.63) is 94.0 Å². The molecule has 0 radical (unpaired) electrons. The van der Waals surface area contributed by atoms with E-state index in [-0.39, 0.29) is 0 Å². The first-order valence-electron chi connectivity index (χ1n) is 9.42. The highest BCUT2D eigenvalue weighted by Crippen LogP contribution is 2.31. The zero-order valence-corrected chi connectivity index (χ0v) is 17.2. The first kappa shape index (κ1) is 20.5. The molecule has 0 saturated heterocycles. The molecular weight excluding hydrogens is 382 g/mol. The van der Waals surface area contributed by atoms with Gasteiger partial charge in [0.15, 0.2) is 11.5 Å². The fourth-order valence-electron chi connectivity index (χ4n) is 2.85. The minimum Gasteiger partial charge on any atom is -0.490 e. The minimum absolute atomic E-state index is 0.349. The summed E-state index contributed by atoms with van der Waals surface area (Å²) in [6, 6.07) is 23.4. The van der Waals surface area contributed by atoms with Gasteiger partial charge in [-0.25, -0.2) is 0 Å². The summed E-state index contributed by atoms with van der Waals surface area (Å²) in [4.78, 5) is 0. The molecule has 3 rings (SSSR count). The Balaban J connectivity index is 1.86. The maximum atomic E-state index is 9.59. The summed E-state index contributed by atoms with van der Waals surface area (Å²) < 4.78 is 11.7. The summed E-state index contributed by atoms with van der Waals surface area (Å²) in [6.45, 7) is 4.81. The Labute approximate surface area is 176 Å². The van der Waals surface area contributed by atoms with Gasteiger partial charge >= 0.3 is 0 Å². The third-order valence-corrected chi connectivity index (χ3v) is 4.77. The van der Waals surface area contributed by atoms with Crippen LogP contribution in [0.25, 0.3) is 11.6 Å². The van der Waals surface area contributed by atoms with Gasteiger partial charge in [0.05, 0.1) is 18.2 Å². The number of aryl methyl sites for hydroxylation is 1. The number of nitrogens with zero attached hydrogens (tertiary/aromatic N) is 1. The van der Waals surface area contributed by atoms with Crippen molar-refractivity contribution < 1.29 is 9.47 Å². The van der Waals surface area contributed by atoms with Crippen molar-refractivity contribution in [1.82, 2.24) is 0 Å². The quantitative estimate of drug-likeness (QED) is 0.326. The fraction of sp³-hybridized carbons (Fsp3) is 0.160. The number of nitriles is 1. The molecule has 3 nitrogen and oxygen atoms in total. The molecule has 4 heteroatoms. The van der Waals surface area contributed by atoms with Crippen LogP contribution in [-0.2, 0) is 6.61 Å². The summed E-state index contributed by atoms with van der Waals surface area (Å²) in [7, 11) is 0. The van der Waals surface area contributed by atoms with Crippen molar-refractivity contribution in [2.45, 2.75) is 20.5 Å². The lowest BCUT2D eigenvalue weighted by Crippen LogP contribution is -2.00. The maximum absolute atomic E-state index is 9.59. The normalized spacial score (nSPS) is 11.0. The predicted molar refractivity (Wildman–Crippen MR) is 118 cm³/mol. The van der Waals surface area contributed by atoms with Crippen LogP contribution in [0.3, 0.4) is 0 Å². The van der Waals surface area contributed by atoms with Crippen LogP contribution in [0, 0.1) is 18.3 Å². The van der Waals surface area contributed by atoms with Gasteiger partial charge in [0.1, 0.15) is 6.61 Å². The second kappa shape index (κ2) is 9.82. The molecule has 0 aliphatic heterocycles. The number of hydrogen-bond donors (Lipinski definition) is 0. The van der Waals surface area contributed by atoms with E-state index in [1.165, 1.54) is 0 Å². The van der Waals surface area contributed by atoms with Crippen LogP contribution < -0.4 is 9.47 Å². The van der Waals surface area contributed by atoms with Crippen molar-refractivity contribution >= 4 is 23.3 Å². The predicted octanol–water partition coefficient (Wildman–Crippen LogP) is 6.69. The van der Waals surface area contributed by atoms with E-state index in [0.29, 0.717) is 35.3 Å². The Morgan fingerprint density at radius 2 is 1.76 bits per heavy atom. The second-order valence-corrected chi connectivity index (χ2v) is 6.96. The number of allylic oxidation sites excluding steroid dienone is 1. The standard InChI is InChI=1S/C25H22ClNO2/c1-3-28-25-15-19(14-22(16-27)20-11-8-18(2)9-12-20)10-13-24(25)29-17-21-6-4-5-7-23(21)26/h4-15H,3,17H2,1-2H3/b22-14-. The summed E-state index contributed by atoms with van der Waals surface area (Å²) in [5, 5.41) is 10.3. The molecule has 0 amide bonds. The van der Waals surface area contributed by atoms with Crippen molar-refractivity contribution in [3.8, 4) is 17.6 Å². The van der Waals surface area contributed by atoms with Crippen LogP contribution in [0.4, 0.5) is 0 Å². The third kappa shape index (κ3) is 5.40. The van der Waals surface area contributed by atoms with Gasteiger partial charge in [-0.1, -0.05) is 65.7 Å². The zero-order valence-electron chi connectivity index (χ0n) is 16.5. The summed E-state index contributed by atoms with van der Waals surface area (Å²) >= 11 is 6.21. The molecule has 0 aliphatic rings. The topological polar surface area (TPSA) is 42.2 Å². The van der Waals surface area contributed by atoms with Crippen LogP contribution in [0.15, 0.2) is 66.7 Å². The lowest BCUT2D eigenvalue weighted by Gasteiger charge is -2.13. The molecule has 146 valence electrons. The lowest BCUT2D eigenvalue weighted by atomic mass is 10.0. The molecule has 0 unspecified atom stereocenters. The Hall–Kier alpha value is -3.22. The molecule has 0 fully saturated rings. The average Bonchev–Trinajstić information content (AvgIpc) is 2.73. The first-order chi connectivity index (χ1) is 14.1. The van der Waals surface area contributed by atoms with E-state index in [0.717, 1.165) is 22.3 Å². The minimum atomic E-state index is 0.349. The van der Waals surface area contributed by atoms with Gasteiger partial charge in [0.2, 0.25) is 0 Å². The molecule has 0 spiro atoms. The van der Waals surface area contributed by atoms with E-state index in [1.54, 1.807) is 0 Å². The monoisotopic (exact) mass is 403 g/mol. The maximum Gasteiger partial charge on any atom is 0.161 e. The van der Waals surface area contributed by atoms with Gasteiger partial charge < -0.3 is 9.47 Å². The van der Waals surface area contributed by atoms with Crippen molar-refractivity contribution in [1.29, 1.82) is 5.26 Å². The first-order valence-corrected chi connectivity index (χ1v) is 9.80. The van der Waals surface area contributed by atoms with Gasteiger partial charge in [-0.15, -0.1) is 0 Å². The fourth-order valence-corrected chi connectivity index (χ4v) is 3.04. The van der Waals surface area contributed by atoms with E-state index in [1.807, 2.05) is 86.7 Å². The number of halogens is 1. The summed E-state index contributed by atoms with van der Waals surface area (Å²) in [5.74, 6) is 1.27. The van der Waals surface area contributed by atoms with E-state index in [4.69, 9.17) is 21.1 Å². The number of rotatable bonds is 7. The lowest BCUT2D eigenvalue weighted by molar-refractivity contribution is 0.269. The van der Waals surface area contributed by atoms with E-state index < -0.39 is 0 Å². The zero-order chi connectivity index (χ0) is 20.6. The highest BCUT2D eigenvalue weighted by atomic mass is 35.5. The smallest absolute Gasteiger partial charge is 0.161 e. The molecule has 0 bridgehead atoms. The molecule has 0 atom stereocenters. The molecule has 29 heavy (non-hydrogen) atoms. The Morgan fingerprint density at radius 1 is 1.00 bits per heavy atom. The van der Waals surface area contributed by atoms with E-state index in [9.17, 15) is 5.26 Å². The Kier molecular flexibility index (Phi) is 6.94. The Bertz CT molecular complexity index is 1050. The summed E-state index contributed by atoms with van der Waals surface area (Å²) in [5.41, 5.74) is 4.42. The average molecular weight is 404 g/mol. The molecular formula is C25H22ClNO2. The van der Waals surface area contributed by atoms with Crippen LogP contribution >= 0.6 is 11.6 Å². The van der Waals surface area contributed by atoms with Gasteiger partial charge in [-0.2, -0.15) is 5.26 Å². The summed E-state index contributed by atoms with van der Waals surface area (Å²) in [6.07, 6.45) is 1.85. The molecule has 3 aromatic carbocycles. The van der Waals surface area contributed by atoms with Crippen LogP contribution in [-0.4, -0.2) is 6.61 Å². The van der Waals surface area contributed by atoms with Gasteiger partial charge in [0, 0.05) is 10.6 Å². The molecule has 0 heterocycles. The molecule has 0 saturated carbocycles. The highest BCUT2D eigenvalue weighted by molar-refractivity contribution is 6.31. The second-order valence-electron chi connectivity index (χ2n) is 6.56. The van der Waals surface area contributed by atoms with E-state index >= 15 is 0 Å². The highest BCUT2D eigenvalue weighted by Gasteiger charge is 2.09. The number of ether oxygens (including phenoxy) is 2.